The van der Waals surface area contributed by atoms with E-state index in [9.17, 15) is 8.42 Å². The molecule has 3 aromatic rings. The number of morpholine rings is 1. The van der Waals surface area contributed by atoms with Crippen molar-refractivity contribution in [1.29, 1.82) is 0 Å². The number of anilines is 2. The van der Waals surface area contributed by atoms with Crippen molar-refractivity contribution >= 4 is 27.4 Å². The van der Waals surface area contributed by atoms with Crippen LogP contribution >= 0.6 is 0 Å². The molecule has 2 bridgehead atoms. The number of aromatic nitrogens is 5. The molecule has 3 saturated heterocycles. The van der Waals surface area contributed by atoms with Crippen LogP contribution in [0, 0.1) is 0 Å². The molecule has 13 heteroatoms. The van der Waals surface area contributed by atoms with Gasteiger partial charge in [-0.2, -0.15) is 4.31 Å². The molecule has 2 atom stereocenters. The van der Waals surface area contributed by atoms with Crippen molar-refractivity contribution in [3.63, 3.8) is 0 Å². The number of hydrogen-bond donors (Lipinski definition) is 1. The summed E-state index contributed by atoms with van der Waals surface area (Å²) in [4.78, 5) is 22.8. The average Bonchev–Trinajstić information content (AvgIpc) is 3.34. The normalized spacial score (nSPS) is 23.9. The van der Waals surface area contributed by atoms with Crippen LogP contribution in [0.5, 0.6) is 0 Å². The quantitative estimate of drug-likeness (QED) is 0.519. The molecule has 0 radical (unpaired) electrons. The molecule has 0 aliphatic carbocycles. The molecular formula is C22H29N9O3S. The Morgan fingerprint density at radius 3 is 2.40 bits per heavy atom. The van der Waals surface area contributed by atoms with Gasteiger partial charge in [-0.3, -0.25) is 4.90 Å². The van der Waals surface area contributed by atoms with Gasteiger partial charge < -0.3 is 19.8 Å². The molecule has 6 rings (SSSR count). The Hall–Kier alpha value is -2.87. The molecule has 0 spiro atoms. The molecule has 35 heavy (non-hydrogen) atoms. The molecule has 6 heterocycles. The molecular weight excluding hydrogens is 470 g/mol. The molecule has 3 fully saturated rings. The predicted octanol–water partition coefficient (Wildman–Crippen LogP) is 0.213. The van der Waals surface area contributed by atoms with Crippen LogP contribution < -0.4 is 10.6 Å². The van der Waals surface area contributed by atoms with E-state index >= 15 is 0 Å². The molecule has 0 aromatic carbocycles. The monoisotopic (exact) mass is 499 g/mol. The van der Waals surface area contributed by atoms with Gasteiger partial charge in [-0.25, -0.2) is 28.4 Å². The van der Waals surface area contributed by atoms with Crippen molar-refractivity contribution in [1.82, 2.24) is 33.5 Å². The van der Waals surface area contributed by atoms with Crippen LogP contribution in [0.1, 0.15) is 18.5 Å². The zero-order valence-electron chi connectivity index (χ0n) is 19.6. The van der Waals surface area contributed by atoms with Crippen LogP contribution in [-0.4, -0.2) is 99.7 Å². The molecule has 3 aromatic heterocycles. The SMILES string of the molecule is CS(=O)(=O)N1CC2CCC(C1)N2Cc1cn2cc(-c3cnc(N)nc3)nc(N3CCOCC3)c2n1. The fourth-order valence-corrected chi connectivity index (χ4v) is 6.26. The summed E-state index contributed by atoms with van der Waals surface area (Å²) >= 11 is 0. The van der Waals surface area contributed by atoms with E-state index < -0.39 is 10.0 Å². The Balaban J connectivity index is 1.34. The van der Waals surface area contributed by atoms with Gasteiger partial charge in [0.05, 0.1) is 30.9 Å². The summed E-state index contributed by atoms with van der Waals surface area (Å²) < 4.78 is 33.4. The third kappa shape index (κ3) is 4.33. The Labute approximate surface area is 203 Å². The fraction of sp³-hybridized carbons (Fsp3) is 0.545. The summed E-state index contributed by atoms with van der Waals surface area (Å²) in [5.41, 5.74) is 8.93. The number of sulfonamides is 1. The van der Waals surface area contributed by atoms with Crippen molar-refractivity contribution in [2.45, 2.75) is 31.5 Å². The largest absolute Gasteiger partial charge is 0.378 e. The number of imidazole rings is 1. The average molecular weight is 500 g/mol. The first-order chi connectivity index (χ1) is 16.8. The summed E-state index contributed by atoms with van der Waals surface area (Å²) in [6, 6.07) is 0.431. The lowest BCUT2D eigenvalue weighted by atomic mass is 10.2. The minimum absolute atomic E-state index is 0.215. The van der Waals surface area contributed by atoms with Gasteiger partial charge >= 0.3 is 0 Å². The lowest BCUT2D eigenvalue weighted by Crippen LogP contribution is -2.54. The number of nitrogen functional groups attached to an aromatic ring is 1. The topological polar surface area (TPSA) is 135 Å². The Morgan fingerprint density at radius 1 is 1.06 bits per heavy atom. The van der Waals surface area contributed by atoms with Crippen molar-refractivity contribution in [2.75, 3.05) is 56.3 Å². The minimum atomic E-state index is -3.18. The molecule has 2 unspecified atom stereocenters. The highest BCUT2D eigenvalue weighted by molar-refractivity contribution is 7.88. The van der Waals surface area contributed by atoms with E-state index in [2.05, 4.69) is 19.8 Å². The summed E-state index contributed by atoms with van der Waals surface area (Å²) in [6.45, 7) is 4.54. The summed E-state index contributed by atoms with van der Waals surface area (Å²) in [6.07, 6.45) is 10.7. The van der Waals surface area contributed by atoms with E-state index in [-0.39, 0.29) is 18.0 Å². The zero-order chi connectivity index (χ0) is 24.2. The van der Waals surface area contributed by atoms with Crippen molar-refractivity contribution in [2.24, 2.45) is 0 Å². The standard InChI is InChI=1S/C22H29N9O3S/c1-35(32,33)30-12-17-2-3-18(13-30)31(17)11-16-10-29-14-19(15-8-24-22(23)25-9-15)27-21(20(29)26-16)28-4-6-34-7-5-28/h8-10,14,17-18H,2-7,11-13H2,1H3,(H2,23,24,25). The highest BCUT2D eigenvalue weighted by Crippen LogP contribution is 2.33. The molecule has 186 valence electrons. The van der Waals surface area contributed by atoms with Crippen molar-refractivity contribution in [3.8, 4) is 11.3 Å². The first kappa shape index (κ1) is 22.6. The zero-order valence-corrected chi connectivity index (χ0v) is 20.4. The van der Waals surface area contributed by atoms with E-state index in [0.717, 1.165) is 54.3 Å². The second-order valence-electron chi connectivity index (χ2n) is 9.48. The van der Waals surface area contributed by atoms with E-state index in [4.69, 9.17) is 20.4 Å². The highest BCUT2D eigenvalue weighted by Gasteiger charge is 2.42. The molecule has 0 saturated carbocycles. The van der Waals surface area contributed by atoms with Gasteiger partial charge in [0.1, 0.15) is 0 Å². The van der Waals surface area contributed by atoms with Gasteiger partial charge in [-0.1, -0.05) is 0 Å². The van der Waals surface area contributed by atoms with Gasteiger partial charge in [-0.05, 0) is 12.8 Å². The van der Waals surface area contributed by atoms with Gasteiger partial charge in [0.25, 0.3) is 0 Å². The maximum Gasteiger partial charge on any atom is 0.219 e. The smallest absolute Gasteiger partial charge is 0.219 e. The summed E-state index contributed by atoms with van der Waals surface area (Å²) in [5, 5.41) is 0. The van der Waals surface area contributed by atoms with Crippen molar-refractivity contribution < 1.29 is 13.2 Å². The van der Waals surface area contributed by atoms with Crippen molar-refractivity contribution in [3.05, 3.63) is 30.5 Å². The van der Waals surface area contributed by atoms with Crippen LogP contribution in [0.25, 0.3) is 16.9 Å². The summed E-state index contributed by atoms with van der Waals surface area (Å²) in [7, 11) is -3.18. The first-order valence-electron chi connectivity index (χ1n) is 11.9. The van der Waals surface area contributed by atoms with E-state index in [1.165, 1.54) is 6.26 Å². The third-order valence-corrected chi connectivity index (χ3v) is 8.40. The number of rotatable bonds is 5. The number of hydrogen-bond acceptors (Lipinski definition) is 10. The number of nitrogens with zero attached hydrogens (tertiary/aromatic N) is 8. The van der Waals surface area contributed by atoms with Gasteiger partial charge in [-0.15, -0.1) is 0 Å². The lowest BCUT2D eigenvalue weighted by molar-refractivity contribution is 0.102. The molecule has 3 aliphatic rings. The van der Waals surface area contributed by atoms with Crippen LogP contribution in [0.2, 0.25) is 0 Å². The highest BCUT2D eigenvalue weighted by atomic mass is 32.2. The van der Waals surface area contributed by atoms with Crippen LogP contribution in [0.3, 0.4) is 0 Å². The second kappa shape index (κ2) is 8.66. The van der Waals surface area contributed by atoms with E-state index in [1.807, 2.05) is 16.8 Å². The maximum absolute atomic E-state index is 12.1. The van der Waals surface area contributed by atoms with Gasteiger partial charge in [0.15, 0.2) is 11.5 Å². The number of ether oxygens (including phenoxy) is 1. The molecule has 3 aliphatic heterocycles. The number of fused-ring (bicyclic) bond motifs is 3. The lowest BCUT2D eigenvalue weighted by Gasteiger charge is -2.39. The molecule has 12 nitrogen and oxygen atoms in total. The third-order valence-electron chi connectivity index (χ3n) is 7.16. The van der Waals surface area contributed by atoms with Crippen LogP contribution in [0.15, 0.2) is 24.8 Å². The van der Waals surface area contributed by atoms with E-state index in [0.29, 0.717) is 32.8 Å². The molecule has 0 amide bonds. The summed E-state index contributed by atoms with van der Waals surface area (Å²) in [5.74, 6) is 1.03. The van der Waals surface area contributed by atoms with E-state index in [1.54, 1.807) is 16.7 Å². The number of piperazine rings is 1. The molecule has 2 N–H and O–H groups in total. The van der Waals surface area contributed by atoms with Gasteiger partial charge in [0, 0.05) is 75.2 Å². The second-order valence-corrected chi connectivity index (χ2v) is 11.5. The Kier molecular flexibility index (Phi) is 5.59. The Morgan fingerprint density at radius 2 is 1.74 bits per heavy atom. The Bertz CT molecular complexity index is 1320. The minimum Gasteiger partial charge on any atom is -0.378 e. The van der Waals surface area contributed by atoms with Crippen LogP contribution in [0.4, 0.5) is 11.8 Å². The number of nitrogens with two attached hydrogens (primary N) is 1. The fourth-order valence-electron chi connectivity index (χ4n) is 5.37. The first-order valence-corrected chi connectivity index (χ1v) is 13.7. The maximum atomic E-state index is 12.1. The van der Waals surface area contributed by atoms with Crippen LogP contribution in [-0.2, 0) is 21.3 Å². The van der Waals surface area contributed by atoms with Gasteiger partial charge in [0.2, 0.25) is 16.0 Å². The predicted molar refractivity (Wildman–Crippen MR) is 130 cm³/mol.